The highest BCUT2D eigenvalue weighted by Crippen LogP contribution is 2.27. The molecule has 1 aliphatic rings. The van der Waals surface area contributed by atoms with Crippen molar-refractivity contribution in [1.29, 1.82) is 0 Å². The fraction of sp³-hybridized carbons (Fsp3) is 1.00. The Hall–Kier alpha value is -0.150. The molecule has 0 aromatic rings. The maximum Gasteiger partial charge on any atom is 0.101 e. The van der Waals surface area contributed by atoms with Crippen LogP contribution in [-0.2, 0) is 4.74 Å². The average molecular weight is 161 g/mol. The maximum absolute atomic E-state index is 12.8. The summed E-state index contributed by atoms with van der Waals surface area (Å²) in [5.74, 6) is 0.226. The molecule has 0 aromatic heterocycles. The molecule has 0 heterocycles. The largest absolute Gasteiger partial charge is 0.381 e. The van der Waals surface area contributed by atoms with E-state index < -0.39 is 6.17 Å². The Morgan fingerprint density at radius 2 is 2.27 bits per heavy atom. The van der Waals surface area contributed by atoms with Gasteiger partial charge in [0.1, 0.15) is 6.17 Å². The quantitative estimate of drug-likeness (QED) is 0.658. The van der Waals surface area contributed by atoms with E-state index in [2.05, 4.69) is 0 Å². The number of halogens is 1. The smallest absolute Gasteiger partial charge is 0.101 e. The first kappa shape index (κ1) is 8.94. The van der Waals surface area contributed by atoms with Crippen LogP contribution in [0.3, 0.4) is 0 Å². The van der Waals surface area contributed by atoms with Gasteiger partial charge in [-0.15, -0.1) is 0 Å². The zero-order valence-corrected chi connectivity index (χ0v) is 6.92. The van der Waals surface area contributed by atoms with Crippen molar-refractivity contribution >= 4 is 0 Å². The van der Waals surface area contributed by atoms with E-state index in [0.29, 0.717) is 19.4 Å². The van der Waals surface area contributed by atoms with Crippen molar-refractivity contribution < 1.29 is 9.13 Å². The topological polar surface area (TPSA) is 35.2 Å². The summed E-state index contributed by atoms with van der Waals surface area (Å²) in [4.78, 5) is 0. The van der Waals surface area contributed by atoms with Gasteiger partial charge in [0.2, 0.25) is 0 Å². The van der Waals surface area contributed by atoms with Crippen molar-refractivity contribution in [2.75, 3.05) is 13.7 Å². The molecule has 11 heavy (non-hydrogen) atoms. The van der Waals surface area contributed by atoms with E-state index in [9.17, 15) is 4.39 Å². The Labute approximate surface area is 66.9 Å². The highest BCUT2D eigenvalue weighted by Gasteiger charge is 2.29. The second-order valence-corrected chi connectivity index (χ2v) is 3.18. The summed E-state index contributed by atoms with van der Waals surface area (Å²) in [5.41, 5.74) is 5.48. The summed E-state index contributed by atoms with van der Waals surface area (Å²) in [6.45, 7) is 0.541. The van der Waals surface area contributed by atoms with E-state index in [1.165, 1.54) is 0 Å². The number of ether oxygens (including phenoxy) is 1. The van der Waals surface area contributed by atoms with Crippen LogP contribution >= 0.6 is 0 Å². The molecule has 0 aromatic carbocycles. The maximum atomic E-state index is 12.8. The van der Waals surface area contributed by atoms with Gasteiger partial charge in [-0.1, -0.05) is 0 Å². The van der Waals surface area contributed by atoms with Crippen LogP contribution in [0.5, 0.6) is 0 Å². The fourth-order valence-corrected chi connectivity index (χ4v) is 1.74. The van der Waals surface area contributed by atoms with Gasteiger partial charge in [-0.05, 0) is 25.8 Å². The van der Waals surface area contributed by atoms with Gasteiger partial charge in [0.05, 0.1) is 6.10 Å². The van der Waals surface area contributed by atoms with Crippen molar-refractivity contribution in [3.63, 3.8) is 0 Å². The van der Waals surface area contributed by atoms with Gasteiger partial charge in [0.25, 0.3) is 0 Å². The van der Waals surface area contributed by atoms with Gasteiger partial charge in [0, 0.05) is 13.0 Å². The van der Waals surface area contributed by atoms with E-state index in [0.717, 1.165) is 6.42 Å². The molecule has 2 nitrogen and oxygen atoms in total. The van der Waals surface area contributed by atoms with Crippen molar-refractivity contribution in [3.8, 4) is 0 Å². The molecule has 0 aliphatic heterocycles. The summed E-state index contributed by atoms with van der Waals surface area (Å²) in [7, 11) is 1.67. The van der Waals surface area contributed by atoms with Crippen LogP contribution in [0.4, 0.5) is 4.39 Å². The second kappa shape index (κ2) is 4.02. The number of methoxy groups -OCH3 is 1. The predicted octanol–water partition coefficient (Wildman–Crippen LogP) is 1.10. The zero-order chi connectivity index (χ0) is 8.27. The number of hydrogen-bond acceptors (Lipinski definition) is 2. The third kappa shape index (κ3) is 2.14. The number of alkyl halides is 1. The molecule has 3 atom stereocenters. The van der Waals surface area contributed by atoms with Gasteiger partial charge in [-0.2, -0.15) is 0 Å². The fourth-order valence-electron chi connectivity index (χ4n) is 1.74. The highest BCUT2D eigenvalue weighted by atomic mass is 19.1. The van der Waals surface area contributed by atoms with E-state index >= 15 is 0 Å². The molecule has 0 spiro atoms. The zero-order valence-electron chi connectivity index (χ0n) is 6.92. The van der Waals surface area contributed by atoms with Crippen LogP contribution in [0.1, 0.15) is 19.3 Å². The molecule has 1 saturated carbocycles. The second-order valence-electron chi connectivity index (χ2n) is 3.18. The number of nitrogens with two attached hydrogens (primary N) is 1. The lowest BCUT2D eigenvalue weighted by Gasteiger charge is -2.31. The third-order valence-corrected chi connectivity index (χ3v) is 2.45. The summed E-state index contributed by atoms with van der Waals surface area (Å²) in [6.07, 6.45) is 1.56. The van der Waals surface area contributed by atoms with Gasteiger partial charge < -0.3 is 10.5 Å². The van der Waals surface area contributed by atoms with E-state index in [1.807, 2.05) is 0 Å². The average Bonchev–Trinajstić information content (AvgIpc) is 2.04. The van der Waals surface area contributed by atoms with Gasteiger partial charge in [0.15, 0.2) is 0 Å². The Kier molecular flexibility index (Phi) is 3.27. The van der Waals surface area contributed by atoms with Gasteiger partial charge in [-0.25, -0.2) is 4.39 Å². The molecule has 0 amide bonds. The standard InChI is InChI=1S/C8H16FNO/c1-11-8-3-2-7(9)4-6(8)5-10/h6-8H,2-5,10H2,1H3. The molecule has 0 bridgehead atoms. The van der Waals surface area contributed by atoms with Crippen LogP contribution in [0.15, 0.2) is 0 Å². The summed E-state index contributed by atoms with van der Waals surface area (Å²) in [6, 6.07) is 0. The van der Waals surface area contributed by atoms with Crippen LogP contribution in [0.25, 0.3) is 0 Å². The Morgan fingerprint density at radius 3 is 2.82 bits per heavy atom. The van der Waals surface area contributed by atoms with E-state index in [1.54, 1.807) is 7.11 Å². The van der Waals surface area contributed by atoms with E-state index in [-0.39, 0.29) is 12.0 Å². The Morgan fingerprint density at radius 1 is 1.55 bits per heavy atom. The minimum absolute atomic E-state index is 0.187. The molecular formula is C8H16FNO. The third-order valence-electron chi connectivity index (χ3n) is 2.45. The van der Waals surface area contributed by atoms with Crippen LogP contribution in [0.2, 0.25) is 0 Å². The molecule has 1 rings (SSSR count). The molecule has 2 N–H and O–H groups in total. The summed E-state index contributed by atoms with van der Waals surface area (Å²) in [5, 5.41) is 0. The first-order valence-electron chi connectivity index (χ1n) is 4.14. The van der Waals surface area contributed by atoms with Crippen LogP contribution in [-0.4, -0.2) is 25.9 Å². The molecule has 0 radical (unpaired) electrons. The van der Waals surface area contributed by atoms with Crippen LogP contribution in [0, 0.1) is 5.92 Å². The minimum Gasteiger partial charge on any atom is -0.381 e. The summed E-state index contributed by atoms with van der Waals surface area (Å²) < 4.78 is 18.0. The normalized spacial score (nSPS) is 39.0. The summed E-state index contributed by atoms with van der Waals surface area (Å²) >= 11 is 0. The number of hydrogen-bond donors (Lipinski definition) is 1. The predicted molar refractivity (Wildman–Crippen MR) is 42.1 cm³/mol. The van der Waals surface area contributed by atoms with Gasteiger partial charge >= 0.3 is 0 Å². The number of rotatable bonds is 2. The van der Waals surface area contributed by atoms with Gasteiger partial charge in [-0.3, -0.25) is 0 Å². The first-order valence-corrected chi connectivity index (χ1v) is 4.14. The van der Waals surface area contributed by atoms with Crippen molar-refractivity contribution in [2.24, 2.45) is 11.7 Å². The SMILES string of the molecule is COC1CCC(F)CC1CN. The van der Waals surface area contributed by atoms with E-state index in [4.69, 9.17) is 10.5 Å². The lowest BCUT2D eigenvalue weighted by molar-refractivity contribution is 0.00469. The molecule has 1 fully saturated rings. The lowest BCUT2D eigenvalue weighted by Crippen LogP contribution is -2.36. The molecule has 3 unspecified atom stereocenters. The minimum atomic E-state index is -0.657. The molecule has 1 aliphatic carbocycles. The lowest BCUT2D eigenvalue weighted by atomic mass is 9.85. The van der Waals surface area contributed by atoms with Crippen molar-refractivity contribution in [1.82, 2.24) is 0 Å². The van der Waals surface area contributed by atoms with Crippen molar-refractivity contribution in [3.05, 3.63) is 0 Å². The molecule has 66 valence electrons. The Bertz CT molecular complexity index is 121. The monoisotopic (exact) mass is 161 g/mol. The molecule has 3 heteroatoms. The Balaban J connectivity index is 2.41. The molecule has 0 saturated heterocycles. The first-order chi connectivity index (χ1) is 5.27. The van der Waals surface area contributed by atoms with Crippen LogP contribution < -0.4 is 5.73 Å². The molecular weight excluding hydrogens is 145 g/mol. The van der Waals surface area contributed by atoms with Crippen molar-refractivity contribution in [2.45, 2.75) is 31.5 Å². The highest BCUT2D eigenvalue weighted by molar-refractivity contribution is 4.80.